The van der Waals surface area contributed by atoms with Crippen molar-refractivity contribution in [2.24, 2.45) is 11.8 Å². The van der Waals surface area contributed by atoms with Gasteiger partial charge in [0, 0.05) is 6.42 Å². The molecule has 17 heavy (non-hydrogen) atoms. The average molecular weight is 229 g/mol. The maximum Gasteiger partial charge on any atom is 0.118 e. The fraction of sp³-hybridized carbons (Fsp3) is 0.533. The van der Waals surface area contributed by atoms with E-state index in [9.17, 15) is 0 Å². The lowest BCUT2D eigenvalue weighted by Crippen LogP contribution is -2.10. The lowest BCUT2D eigenvalue weighted by atomic mass is 9.88. The van der Waals surface area contributed by atoms with Crippen molar-refractivity contribution in [2.75, 3.05) is 7.11 Å². The molecular weight excluding hydrogens is 210 g/mol. The first-order chi connectivity index (χ1) is 8.33. The van der Waals surface area contributed by atoms with Gasteiger partial charge in [0.15, 0.2) is 0 Å². The highest BCUT2D eigenvalue weighted by Crippen LogP contribution is 2.36. The molecule has 1 aromatic carbocycles. The zero-order valence-electron chi connectivity index (χ0n) is 10.4. The SMILES string of the molecule is COc1ccc(C[C@H]2CCC[C@H]2CC#N)cc1. The number of hydrogen-bond donors (Lipinski definition) is 0. The number of nitriles is 1. The van der Waals surface area contributed by atoms with Gasteiger partial charge in [0.2, 0.25) is 0 Å². The lowest BCUT2D eigenvalue weighted by Gasteiger charge is -2.16. The molecule has 1 saturated carbocycles. The molecule has 2 rings (SSSR count). The largest absolute Gasteiger partial charge is 0.497 e. The molecule has 0 bridgehead atoms. The van der Waals surface area contributed by atoms with E-state index < -0.39 is 0 Å². The summed E-state index contributed by atoms with van der Waals surface area (Å²) in [6.07, 6.45) is 5.62. The summed E-state index contributed by atoms with van der Waals surface area (Å²) in [6.45, 7) is 0. The fourth-order valence-corrected chi connectivity index (χ4v) is 2.83. The summed E-state index contributed by atoms with van der Waals surface area (Å²) in [4.78, 5) is 0. The van der Waals surface area contributed by atoms with Crippen LogP contribution < -0.4 is 4.74 Å². The van der Waals surface area contributed by atoms with Gasteiger partial charge >= 0.3 is 0 Å². The van der Waals surface area contributed by atoms with Crippen molar-refractivity contribution in [1.29, 1.82) is 5.26 Å². The Hall–Kier alpha value is -1.49. The minimum atomic E-state index is 0.613. The molecule has 2 atom stereocenters. The number of nitrogens with zero attached hydrogens (tertiary/aromatic N) is 1. The van der Waals surface area contributed by atoms with Crippen LogP contribution in [0.25, 0.3) is 0 Å². The van der Waals surface area contributed by atoms with Crippen LogP contribution >= 0.6 is 0 Å². The summed E-state index contributed by atoms with van der Waals surface area (Å²) in [5.41, 5.74) is 1.36. The van der Waals surface area contributed by atoms with Gasteiger partial charge in [0.1, 0.15) is 5.75 Å². The minimum Gasteiger partial charge on any atom is -0.497 e. The first kappa shape index (κ1) is 12.0. The van der Waals surface area contributed by atoms with Crippen LogP contribution in [0.3, 0.4) is 0 Å². The molecule has 0 aliphatic heterocycles. The summed E-state index contributed by atoms with van der Waals surface area (Å²) in [7, 11) is 1.69. The fourth-order valence-electron chi connectivity index (χ4n) is 2.83. The Labute approximate surface area is 103 Å². The van der Waals surface area contributed by atoms with Crippen molar-refractivity contribution in [2.45, 2.75) is 32.1 Å². The molecule has 1 fully saturated rings. The van der Waals surface area contributed by atoms with Gasteiger partial charge in [-0.05, 0) is 48.8 Å². The van der Waals surface area contributed by atoms with E-state index in [4.69, 9.17) is 10.00 Å². The monoisotopic (exact) mass is 229 g/mol. The standard InChI is InChI=1S/C15H19NO/c1-17-15-7-5-12(6-8-15)11-14-4-2-3-13(14)9-10-16/h5-8,13-14H,2-4,9,11H2,1H3/t13-,14+/m0/s1. The summed E-state index contributed by atoms with van der Waals surface area (Å²) in [5.74, 6) is 2.22. The smallest absolute Gasteiger partial charge is 0.118 e. The maximum absolute atomic E-state index is 8.81. The van der Waals surface area contributed by atoms with Crippen molar-refractivity contribution in [1.82, 2.24) is 0 Å². The minimum absolute atomic E-state index is 0.613. The van der Waals surface area contributed by atoms with Crippen LogP contribution in [0.2, 0.25) is 0 Å². The number of benzene rings is 1. The van der Waals surface area contributed by atoms with Gasteiger partial charge in [-0.3, -0.25) is 0 Å². The molecular formula is C15H19NO. The van der Waals surface area contributed by atoms with E-state index in [-0.39, 0.29) is 0 Å². The first-order valence-corrected chi connectivity index (χ1v) is 6.33. The highest BCUT2D eigenvalue weighted by molar-refractivity contribution is 5.27. The van der Waals surface area contributed by atoms with Crippen molar-refractivity contribution >= 4 is 0 Å². The Morgan fingerprint density at radius 1 is 1.24 bits per heavy atom. The van der Waals surface area contributed by atoms with Crippen LogP contribution in [-0.4, -0.2) is 7.11 Å². The summed E-state index contributed by atoms with van der Waals surface area (Å²) >= 11 is 0. The van der Waals surface area contributed by atoms with Gasteiger partial charge in [0.25, 0.3) is 0 Å². The third-order valence-corrected chi connectivity index (χ3v) is 3.83. The molecule has 1 aliphatic rings. The Morgan fingerprint density at radius 2 is 1.94 bits per heavy atom. The molecule has 0 aromatic heterocycles. The van der Waals surface area contributed by atoms with Crippen molar-refractivity contribution in [3.63, 3.8) is 0 Å². The number of methoxy groups -OCH3 is 1. The predicted octanol–water partition coefficient (Wildman–Crippen LogP) is 3.57. The van der Waals surface area contributed by atoms with Crippen LogP contribution in [0.15, 0.2) is 24.3 Å². The van der Waals surface area contributed by atoms with Gasteiger partial charge in [-0.1, -0.05) is 18.6 Å². The molecule has 0 spiro atoms. The molecule has 2 heteroatoms. The highest BCUT2D eigenvalue weighted by atomic mass is 16.5. The van der Waals surface area contributed by atoms with E-state index in [0.717, 1.165) is 18.6 Å². The molecule has 0 heterocycles. The van der Waals surface area contributed by atoms with Crippen molar-refractivity contribution < 1.29 is 4.74 Å². The quantitative estimate of drug-likeness (QED) is 0.790. The second-order valence-corrected chi connectivity index (χ2v) is 4.87. The van der Waals surface area contributed by atoms with Crippen molar-refractivity contribution in [3.05, 3.63) is 29.8 Å². The number of rotatable bonds is 4. The van der Waals surface area contributed by atoms with Gasteiger partial charge in [-0.25, -0.2) is 0 Å². The van der Waals surface area contributed by atoms with E-state index in [0.29, 0.717) is 11.8 Å². The highest BCUT2D eigenvalue weighted by Gasteiger charge is 2.26. The second kappa shape index (κ2) is 5.72. The Balaban J connectivity index is 1.97. The molecule has 0 amide bonds. The van der Waals surface area contributed by atoms with Gasteiger partial charge in [-0.2, -0.15) is 5.26 Å². The molecule has 2 nitrogen and oxygen atoms in total. The van der Waals surface area contributed by atoms with E-state index >= 15 is 0 Å². The number of hydrogen-bond acceptors (Lipinski definition) is 2. The molecule has 0 unspecified atom stereocenters. The Kier molecular flexibility index (Phi) is 4.03. The number of ether oxygens (including phenoxy) is 1. The van der Waals surface area contributed by atoms with Gasteiger partial charge in [0.05, 0.1) is 13.2 Å². The first-order valence-electron chi connectivity index (χ1n) is 6.33. The van der Waals surface area contributed by atoms with E-state index in [1.807, 2.05) is 12.1 Å². The normalized spacial score (nSPS) is 23.3. The molecule has 0 saturated heterocycles. The van der Waals surface area contributed by atoms with Crippen LogP contribution in [0.5, 0.6) is 5.75 Å². The average Bonchev–Trinajstić information content (AvgIpc) is 2.78. The lowest BCUT2D eigenvalue weighted by molar-refractivity contribution is 0.391. The summed E-state index contributed by atoms with van der Waals surface area (Å²) in [6, 6.07) is 10.6. The maximum atomic E-state index is 8.81. The molecule has 0 N–H and O–H groups in total. The summed E-state index contributed by atoms with van der Waals surface area (Å²) in [5, 5.41) is 8.81. The van der Waals surface area contributed by atoms with Gasteiger partial charge in [-0.15, -0.1) is 0 Å². The Bertz CT molecular complexity index is 390. The third kappa shape index (κ3) is 3.00. The van der Waals surface area contributed by atoms with Crippen LogP contribution in [0.4, 0.5) is 0 Å². The molecule has 90 valence electrons. The van der Waals surface area contributed by atoms with Crippen LogP contribution in [0, 0.1) is 23.2 Å². The molecule has 1 aliphatic carbocycles. The van der Waals surface area contributed by atoms with Crippen LogP contribution in [-0.2, 0) is 6.42 Å². The molecule has 0 radical (unpaired) electrons. The van der Waals surface area contributed by atoms with E-state index in [1.165, 1.54) is 24.8 Å². The van der Waals surface area contributed by atoms with E-state index in [1.54, 1.807) is 7.11 Å². The van der Waals surface area contributed by atoms with Gasteiger partial charge < -0.3 is 4.74 Å². The summed E-state index contributed by atoms with van der Waals surface area (Å²) < 4.78 is 5.16. The molecule has 1 aromatic rings. The van der Waals surface area contributed by atoms with Crippen molar-refractivity contribution in [3.8, 4) is 11.8 Å². The zero-order valence-corrected chi connectivity index (χ0v) is 10.4. The topological polar surface area (TPSA) is 33.0 Å². The second-order valence-electron chi connectivity index (χ2n) is 4.87. The van der Waals surface area contributed by atoms with E-state index in [2.05, 4.69) is 18.2 Å². The Morgan fingerprint density at radius 3 is 2.59 bits per heavy atom. The van der Waals surface area contributed by atoms with Crippen LogP contribution in [0.1, 0.15) is 31.2 Å². The third-order valence-electron chi connectivity index (χ3n) is 3.83. The predicted molar refractivity (Wildman–Crippen MR) is 67.8 cm³/mol. The zero-order chi connectivity index (χ0) is 12.1.